The monoisotopic (exact) mass is 269 g/mol. The molecule has 2 rings (SSSR count). The van der Waals surface area contributed by atoms with Gasteiger partial charge in [0.25, 0.3) is 0 Å². The van der Waals surface area contributed by atoms with Crippen LogP contribution in [0.5, 0.6) is 0 Å². The summed E-state index contributed by atoms with van der Waals surface area (Å²) in [5.41, 5.74) is 4.65. The van der Waals surface area contributed by atoms with E-state index in [-0.39, 0.29) is 0 Å². The van der Waals surface area contributed by atoms with Gasteiger partial charge in [-0.25, -0.2) is 0 Å². The Morgan fingerprint density at radius 2 is 1.70 bits per heavy atom. The largest absolute Gasteiger partial charge is 0.379 e. The van der Waals surface area contributed by atoms with E-state index in [1.54, 1.807) is 0 Å². The van der Waals surface area contributed by atoms with E-state index < -0.39 is 0 Å². The minimum atomic E-state index is 0.755. The van der Waals surface area contributed by atoms with Crippen LogP contribution in [0, 0.1) is 6.92 Å². The molecular formula is C17H23N3. The highest BCUT2D eigenvalue weighted by molar-refractivity contribution is 5.55. The molecule has 0 radical (unpaired) electrons. The molecule has 1 N–H and O–H groups in total. The molecule has 0 fully saturated rings. The zero-order valence-electron chi connectivity index (χ0n) is 12.6. The smallest absolute Gasteiger partial charge is 0.0594 e. The lowest BCUT2D eigenvalue weighted by atomic mass is 10.2. The highest BCUT2D eigenvalue weighted by Gasteiger charge is 2.01. The highest BCUT2D eigenvalue weighted by atomic mass is 15.1. The fourth-order valence-electron chi connectivity index (χ4n) is 2.17. The maximum Gasteiger partial charge on any atom is 0.0594 e. The minimum Gasteiger partial charge on any atom is -0.379 e. The molecular weight excluding hydrogens is 246 g/mol. The molecule has 0 bridgehead atoms. The van der Waals surface area contributed by atoms with Crippen LogP contribution in [0.3, 0.4) is 0 Å². The van der Waals surface area contributed by atoms with Crippen molar-refractivity contribution in [2.24, 2.45) is 0 Å². The SMILES string of the molecule is CCN(CC)c1ccc(NCc2ccc(C)cn2)cc1. The molecule has 2 aromatic rings. The predicted molar refractivity (Wildman–Crippen MR) is 86.3 cm³/mol. The zero-order chi connectivity index (χ0) is 14.4. The number of hydrogen-bond donors (Lipinski definition) is 1. The summed E-state index contributed by atoms with van der Waals surface area (Å²) in [5.74, 6) is 0. The molecule has 20 heavy (non-hydrogen) atoms. The van der Waals surface area contributed by atoms with Gasteiger partial charge in [-0.3, -0.25) is 4.98 Å². The topological polar surface area (TPSA) is 28.2 Å². The molecule has 0 spiro atoms. The predicted octanol–water partition coefficient (Wildman–Crippen LogP) is 3.85. The minimum absolute atomic E-state index is 0.755. The van der Waals surface area contributed by atoms with Crippen LogP contribution in [0.25, 0.3) is 0 Å². The summed E-state index contributed by atoms with van der Waals surface area (Å²) in [6, 6.07) is 12.7. The number of hydrogen-bond acceptors (Lipinski definition) is 3. The van der Waals surface area contributed by atoms with Crippen LogP contribution in [0.4, 0.5) is 11.4 Å². The molecule has 0 aliphatic rings. The van der Waals surface area contributed by atoms with Crippen molar-refractivity contribution < 1.29 is 0 Å². The van der Waals surface area contributed by atoms with Gasteiger partial charge in [0.2, 0.25) is 0 Å². The average Bonchev–Trinajstić information content (AvgIpc) is 2.49. The van der Waals surface area contributed by atoms with E-state index in [0.29, 0.717) is 0 Å². The molecule has 0 unspecified atom stereocenters. The fourth-order valence-corrected chi connectivity index (χ4v) is 2.17. The van der Waals surface area contributed by atoms with Gasteiger partial charge in [-0.05, 0) is 56.7 Å². The van der Waals surface area contributed by atoms with Crippen molar-refractivity contribution in [2.75, 3.05) is 23.3 Å². The van der Waals surface area contributed by atoms with Crippen LogP contribution in [-0.2, 0) is 6.54 Å². The lowest BCUT2D eigenvalue weighted by molar-refractivity contribution is 0.866. The Morgan fingerprint density at radius 1 is 1.00 bits per heavy atom. The first-order valence-corrected chi connectivity index (χ1v) is 7.23. The van der Waals surface area contributed by atoms with Crippen LogP contribution < -0.4 is 10.2 Å². The van der Waals surface area contributed by atoms with E-state index in [2.05, 4.69) is 72.4 Å². The molecule has 3 nitrogen and oxygen atoms in total. The third-order valence-electron chi connectivity index (χ3n) is 3.44. The third kappa shape index (κ3) is 3.73. The highest BCUT2D eigenvalue weighted by Crippen LogP contribution is 2.18. The van der Waals surface area contributed by atoms with Gasteiger partial charge in [-0.15, -0.1) is 0 Å². The molecule has 1 aromatic carbocycles. The lowest BCUT2D eigenvalue weighted by Crippen LogP contribution is -2.21. The Hall–Kier alpha value is -2.03. The van der Waals surface area contributed by atoms with Crippen molar-refractivity contribution >= 4 is 11.4 Å². The van der Waals surface area contributed by atoms with Gasteiger partial charge in [0, 0.05) is 30.7 Å². The van der Waals surface area contributed by atoms with Crippen LogP contribution in [-0.4, -0.2) is 18.1 Å². The summed E-state index contributed by atoms with van der Waals surface area (Å²) < 4.78 is 0. The molecule has 1 aromatic heterocycles. The van der Waals surface area contributed by atoms with Gasteiger partial charge in [0.05, 0.1) is 12.2 Å². The van der Waals surface area contributed by atoms with Gasteiger partial charge in [0.15, 0.2) is 0 Å². The summed E-state index contributed by atoms with van der Waals surface area (Å²) in [5, 5.41) is 3.40. The molecule has 1 heterocycles. The van der Waals surface area contributed by atoms with Crippen molar-refractivity contribution in [1.82, 2.24) is 4.98 Å². The molecule has 0 amide bonds. The van der Waals surface area contributed by atoms with Crippen molar-refractivity contribution in [3.8, 4) is 0 Å². The molecule has 0 aliphatic carbocycles. The Balaban J connectivity index is 1.95. The summed E-state index contributed by atoms with van der Waals surface area (Å²) in [6.07, 6.45) is 1.90. The van der Waals surface area contributed by atoms with Crippen LogP contribution in [0.15, 0.2) is 42.6 Å². The van der Waals surface area contributed by atoms with Crippen molar-refractivity contribution in [3.05, 3.63) is 53.9 Å². The molecule has 0 saturated carbocycles. The fraction of sp³-hybridized carbons (Fsp3) is 0.353. The third-order valence-corrected chi connectivity index (χ3v) is 3.44. The van der Waals surface area contributed by atoms with Crippen molar-refractivity contribution in [2.45, 2.75) is 27.3 Å². The Bertz CT molecular complexity index is 513. The first kappa shape index (κ1) is 14.4. The second-order valence-electron chi connectivity index (χ2n) is 4.90. The summed E-state index contributed by atoms with van der Waals surface area (Å²) in [7, 11) is 0. The first-order valence-electron chi connectivity index (χ1n) is 7.23. The number of benzene rings is 1. The maximum absolute atomic E-state index is 4.39. The van der Waals surface area contributed by atoms with Gasteiger partial charge >= 0.3 is 0 Å². The zero-order valence-corrected chi connectivity index (χ0v) is 12.6. The summed E-state index contributed by atoms with van der Waals surface area (Å²) in [4.78, 5) is 6.73. The molecule has 3 heteroatoms. The second kappa shape index (κ2) is 6.94. The number of aryl methyl sites for hydroxylation is 1. The number of aromatic nitrogens is 1. The number of pyridine rings is 1. The molecule has 106 valence electrons. The first-order chi connectivity index (χ1) is 9.72. The van der Waals surface area contributed by atoms with Gasteiger partial charge in [0.1, 0.15) is 0 Å². The van der Waals surface area contributed by atoms with E-state index in [4.69, 9.17) is 0 Å². The quantitative estimate of drug-likeness (QED) is 0.863. The molecule has 0 aliphatic heterocycles. The average molecular weight is 269 g/mol. The Kier molecular flexibility index (Phi) is 4.99. The second-order valence-corrected chi connectivity index (χ2v) is 4.90. The lowest BCUT2D eigenvalue weighted by Gasteiger charge is -2.21. The summed E-state index contributed by atoms with van der Waals surface area (Å²) in [6.45, 7) is 9.24. The Labute approximate surface area is 121 Å². The molecule has 0 saturated heterocycles. The summed E-state index contributed by atoms with van der Waals surface area (Å²) >= 11 is 0. The van der Waals surface area contributed by atoms with Crippen LogP contribution >= 0.6 is 0 Å². The number of rotatable bonds is 6. The van der Waals surface area contributed by atoms with Crippen molar-refractivity contribution in [1.29, 1.82) is 0 Å². The standard InChI is InChI=1S/C17H23N3/c1-4-20(5-2)17-10-8-15(9-11-17)19-13-16-7-6-14(3)12-18-16/h6-12,19H,4-5,13H2,1-3H3. The van der Waals surface area contributed by atoms with Gasteiger partial charge in [-0.1, -0.05) is 6.07 Å². The van der Waals surface area contributed by atoms with Gasteiger partial charge < -0.3 is 10.2 Å². The number of nitrogens with one attached hydrogen (secondary N) is 1. The van der Waals surface area contributed by atoms with E-state index >= 15 is 0 Å². The van der Waals surface area contributed by atoms with E-state index in [0.717, 1.165) is 31.0 Å². The normalized spacial score (nSPS) is 10.3. The van der Waals surface area contributed by atoms with Gasteiger partial charge in [-0.2, -0.15) is 0 Å². The number of anilines is 2. The van der Waals surface area contributed by atoms with E-state index in [1.807, 2.05) is 6.20 Å². The maximum atomic E-state index is 4.39. The van der Waals surface area contributed by atoms with Crippen LogP contribution in [0.1, 0.15) is 25.1 Å². The van der Waals surface area contributed by atoms with E-state index in [9.17, 15) is 0 Å². The van der Waals surface area contributed by atoms with Crippen LogP contribution in [0.2, 0.25) is 0 Å². The van der Waals surface area contributed by atoms with Crippen molar-refractivity contribution in [3.63, 3.8) is 0 Å². The van der Waals surface area contributed by atoms with E-state index in [1.165, 1.54) is 11.3 Å². The molecule has 0 atom stereocenters. The number of nitrogens with zero attached hydrogens (tertiary/aromatic N) is 2. The Morgan fingerprint density at radius 3 is 2.25 bits per heavy atom.